The van der Waals surface area contributed by atoms with E-state index in [1.54, 1.807) is 29.2 Å². The molecule has 0 N–H and O–H groups in total. The summed E-state index contributed by atoms with van der Waals surface area (Å²) in [7, 11) is 1.44. The number of para-hydroxylation sites is 1. The molecular formula is C28H25N5O7S. The molecule has 5 rings (SSSR count). The lowest BCUT2D eigenvalue weighted by molar-refractivity contribution is -0.385. The molecule has 0 saturated carbocycles. The molecule has 13 heteroatoms. The Morgan fingerprint density at radius 2 is 1.80 bits per heavy atom. The van der Waals surface area contributed by atoms with Crippen LogP contribution in [0.15, 0.2) is 71.8 Å². The van der Waals surface area contributed by atoms with Gasteiger partial charge in [0.15, 0.2) is 11.5 Å². The Kier molecular flexibility index (Phi) is 8.15. The number of benzene rings is 2. The second kappa shape index (κ2) is 12.1. The SMILES string of the molecule is COc1cc(/C=C2/SC(=O)N(CC(=O)N3CCN(c4ccccc4)CC3)C2=O)ccc1Oc1ccc([N+](=O)[O-])cn1. The summed E-state index contributed by atoms with van der Waals surface area (Å²) in [6, 6.07) is 17.5. The number of imide groups is 1. The molecule has 2 aromatic carbocycles. The van der Waals surface area contributed by atoms with Crippen LogP contribution in [-0.4, -0.2) is 76.6 Å². The molecule has 1 aromatic heterocycles. The Morgan fingerprint density at radius 1 is 1.05 bits per heavy atom. The monoisotopic (exact) mass is 575 g/mol. The van der Waals surface area contributed by atoms with Crippen molar-refractivity contribution in [2.24, 2.45) is 0 Å². The highest BCUT2D eigenvalue weighted by atomic mass is 32.2. The molecular weight excluding hydrogens is 550 g/mol. The molecule has 0 radical (unpaired) electrons. The van der Waals surface area contributed by atoms with Crippen LogP contribution in [0.5, 0.6) is 17.4 Å². The van der Waals surface area contributed by atoms with Gasteiger partial charge in [-0.2, -0.15) is 0 Å². The summed E-state index contributed by atoms with van der Waals surface area (Å²) in [5.74, 6) is -0.0520. The number of thioether (sulfide) groups is 1. The number of aromatic nitrogens is 1. The number of ether oxygens (including phenoxy) is 2. The topological polar surface area (TPSA) is 135 Å². The first-order valence-electron chi connectivity index (χ1n) is 12.6. The van der Waals surface area contributed by atoms with Crippen LogP contribution in [0.25, 0.3) is 6.08 Å². The van der Waals surface area contributed by atoms with Crippen molar-refractivity contribution >= 4 is 46.3 Å². The van der Waals surface area contributed by atoms with E-state index < -0.39 is 16.1 Å². The highest BCUT2D eigenvalue weighted by Crippen LogP contribution is 2.36. The summed E-state index contributed by atoms with van der Waals surface area (Å²) < 4.78 is 11.1. The molecule has 3 heterocycles. The molecule has 2 aliphatic rings. The third-order valence-corrected chi connectivity index (χ3v) is 7.46. The molecule has 0 unspecified atom stereocenters. The van der Waals surface area contributed by atoms with Crippen LogP contribution in [0.1, 0.15) is 5.56 Å². The quantitative estimate of drug-likeness (QED) is 0.219. The highest BCUT2D eigenvalue weighted by Gasteiger charge is 2.37. The zero-order chi connectivity index (χ0) is 28.9. The molecule has 0 atom stereocenters. The minimum absolute atomic E-state index is 0.133. The van der Waals surface area contributed by atoms with Gasteiger partial charge < -0.3 is 19.3 Å². The van der Waals surface area contributed by atoms with Crippen LogP contribution in [0.4, 0.5) is 16.2 Å². The molecule has 0 spiro atoms. The molecule has 2 fully saturated rings. The maximum absolute atomic E-state index is 13.0. The Hall–Kier alpha value is -4.91. The first kappa shape index (κ1) is 27.6. The fourth-order valence-corrected chi connectivity index (χ4v) is 5.23. The molecule has 2 saturated heterocycles. The van der Waals surface area contributed by atoms with E-state index in [0.29, 0.717) is 43.2 Å². The van der Waals surface area contributed by atoms with E-state index in [0.717, 1.165) is 28.5 Å². The van der Waals surface area contributed by atoms with Gasteiger partial charge in [0.2, 0.25) is 11.8 Å². The van der Waals surface area contributed by atoms with Gasteiger partial charge in [0, 0.05) is 44.0 Å². The van der Waals surface area contributed by atoms with Crippen molar-refractivity contribution in [3.05, 3.63) is 87.4 Å². The second-order valence-electron chi connectivity index (χ2n) is 9.10. The molecule has 12 nitrogen and oxygen atoms in total. The van der Waals surface area contributed by atoms with Crippen molar-refractivity contribution in [1.82, 2.24) is 14.8 Å². The summed E-state index contributed by atoms with van der Waals surface area (Å²) >= 11 is 0.769. The van der Waals surface area contributed by atoms with E-state index in [1.165, 1.54) is 19.2 Å². The second-order valence-corrected chi connectivity index (χ2v) is 10.1. The smallest absolute Gasteiger partial charge is 0.294 e. The highest BCUT2D eigenvalue weighted by molar-refractivity contribution is 8.18. The van der Waals surface area contributed by atoms with Gasteiger partial charge >= 0.3 is 0 Å². The summed E-state index contributed by atoms with van der Waals surface area (Å²) in [6.45, 7) is 2.02. The summed E-state index contributed by atoms with van der Waals surface area (Å²) in [5, 5.41) is 10.3. The van der Waals surface area contributed by atoms with Crippen LogP contribution in [0.2, 0.25) is 0 Å². The number of nitrogens with zero attached hydrogens (tertiary/aromatic N) is 5. The number of hydrogen-bond donors (Lipinski definition) is 0. The van der Waals surface area contributed by atoms with E-state index in [1.807, 2.05) is 30.3 Å². The molecule has 2 aliphatic heterocycles. The normalized spacial score (nSPS) is 16.3. The van der Waals surface area contributed by atoms with Crippen molar-refractivity contribution in [2.75, 3.05) is 44.7 Å². The number of amides is 3. The number of carbonyl (C=O) groups excluding carboxylic acids is 3. The summed E-state index contributed by atoms with van der Waals surface area (Å²) in [6.07, 6.45) is 2.63. The Morgan fingerprint density at radius 3 is 2.46 bits per heavy atom. The number of piperazine rings is 1. The van der Waals surface area contributed by atoms with Gasteiger partial charge in [-0.3, -0.25) is 29.4 Å². The third kappa shape index (κ3) is 6.30. The predicted molar refractivity (Wildman–Crippen MR) is 152 cm³/mol. The zero-order valence-corrected chi connectivity index (χ0v) is 22.8. The molecule has 3 aromatic rings. The Labute approximate surface area is 239 Å². The van der Waals surface area contributed by atoms with Gasteiger partial charge in [-0.05, 0) is 47.7 Å². The van der Waals surface area contributed by atoms with Crippen LogP contribution in [0.3, 0.4) is 0 Å². The van der Waals surface area contributed by atoms with Gasteiger partial charge in [-0.15, -0.1) is 0 Å². The van der Waals surface area contributed by atoms with Crippen molar-refractivity contribution in [1.29, 1.82) is 0 Å². The Balaban J connectivity index is 1.21. The van der Waals surface area contributed by atoms with E-state index in [4.69, 9.17) is 9.47 Å². The third-order valence-electron chi connectivity index (χ3n) is 6.55. The lowest BCUT2D eigenvalue weighted by Gasteiger charge is -2.36. The minimum atomic E-state index is -0.559. The maximum atomic E-state index is 13.0. The van der Waals surface area contributed by atoms with Gasteiger partial charge in [-0.25, -0.2) is 4.98 Å². The average Bonchev–Trinajstić information content (AvgIpc) is 3.25. The van der Waals surface area contributed by atoms with Gasteiger partial charge in [0.1, 0.15) is 12.7 Å². The van der Waals surface area contributed by atoms with Crippen molar-refractivity contribution in [3.8, 4) is 17.4 Å². The van der Waals surface area contributed by atoms with E-state index in [2.05, 4.69) is 9.88 Å². The molecule has 3 amide bonds. The van der Waals surface area contributed by atoms with Gasteiger partial charge in [0.25, 0.3) is 16.8 Å². The van der Waals surface area contributed by atoms with E-state index in [-0.39, 0.29) is 28.9 Å². The van der Waals surface area contributed by atoms with Crippen molar-refractivity contribution in [2.45, 2.75) is 0 Å². The zero-order valence-electron chi connectivity index (χ0n) is 22.0. The standard InChI is InChI=1S/C28H25N5O7S/c1-39-23-15-19(7-9-22(23)40-25-10-8-21(17-29-25)33(37)38)16-24-27(35)32(28(36)41-24)18-26(34)31-13-11-30(12-14-31)20-5-3-2-4-6-20/h2-10,15-17H,11-14,18H2,1H3/b24-16+. The first-order valence-corrected chi connectivity index (χ1v) is 13.4. The number of anilines is 1. The van der Waals surface area contributed by atoms with E-state index in [9.17, 15) is 24.5 Å². The number of pyridine rings is 1. The van der Waals surface area contributed by atoms with Crippen LogP contribution in [0, 0.1) is 10.1 Å². The Bertz CT molecular complexity index is 1510. The maximum Gasteiger partial charge on any atom is 0.294 e. The molecule has 210 valence electrons. The fraction of sp³-hybridized carbons (Fsp3) is 0.214. The number of nitro groups is 1. The number of rotatable bonds is 8. The van der Waals surface area contributed by atoms with Gasteiger partial charge in [0.05, 0.1) is 16.9 Å². The molecule has 0 aliphatic carbocycles. The number of carbonyl (C=O) groups is 3. The number of hydrogen-bond acceptors (Lipinski definition) is 10. The van der Waals surface area contributed by atoms with Crippen LogP contribution >= 0.6 is 11.8 Å². The molecule has 0 bridgehead atoms. The number of methoxy groups -OCH3 is 1. The van der Waals surface area contributed by atoms with E-state index >= 15 is 0 Å². The summed E-state index contributed by atoms with van der Waals surface area (Å²) in [4.78, 5) is 57.8. The van der Waals surface area contributed by atoms with Crippen LogP contribution < -0.4 is 14.4 Å². The lowest BCUT2D eigenvalue weighted by Crippen LogP contribution is -2.51. The lowest BCUT2D eigenvalue weighted by atomic mass is 10.2. The van der Waals surface area contributed by atoms with Crippen molar-refractivity contribution in [3.63, 3.8) is 0 Å². The minimum Gasteiger partial charge on any atom is -0.493 e. The average molecular weight is 576 g/mol. The van der Waals surface area contributed by atoms with Crippen LogP contribution in [-0.2, 0) is 9.59 Å². The predicted octanol–water partition coefficient (Wildman–Crippen LogP) is 4.18. The van der Waals surface area contributed by atoms with Crippen molar-refractivity contribution < 1.29 is 28.8 Å². The molecule has 41 heavy (non-hydrogen) atoms. The summed E-state index contributed by atoms with van der Waals surface area (Å²) in [5.41, 5.74) is 1.50. The largest absolute Gasteiger partial charge is 0.493 e. The van der Waals surface area contributed by atoms with Gasteiger partial charge in [-0.1, -0.05) is 24.3 Å². The fourth-order valence-electron chi connectivity index (χ4n) is 4.39. The first-order chi connectivity index (χ1) is 19.8.